The van der Waals surface area contributed by atoms with Crippen molar-refractivity contribution in [1.29, 1.82) is 0 Å². The Bertz CT molecular complexity index is 955. The topological polar surface area (TPSA) is 71.5 Å². The van der Waals surface area contributed by atoms with Gasteiger partial charge in [0.15, 0.2) is 5.65 Å². The van der Waals surface area contributed by atoms with E-state index in [0.717, 1.165) is 60.2 Å². The molecule has 3 aromatic rings. The summed E-state index contributed by atoms with van der Waals surface area (Å²) in [5, 5.41) is 19.0. The Morgan fingerprint density at radius 1 is 1.23 bits per heavy atom. The zero-order chi connectivity index (χ0) is 18.4. The van der Waals surface area contributed by atoms with Crippen molar-refractivity contribution in [3.05, 3.63) is 40.5 Å². The van der Waals surface area contributed by atoms with E-state index in [4.69, 9.17) is 4.98 Å². The first-order chi connectivity index (χ1) is 12.5. The third-order valence-corrected chi connectivity index (χ3v) is 5.13. The predicted molar refractivity (Wildman–Crippen MR) is 100 cm³/mol. The van der Waals surface area contributed by atoms with Crippen LogP contribution in [0.2, 0.25) is 0 Å². The first-order valence-corrected chi connectivity index (χ1v) is 9.32. The first kappa shape index (κ1) is 17.0. The number of nitrogens with zero attached hydrogens (tertiary/aromatic N) is 6. The second-order valence-corrected chi connectivity index (χ2v) is 7.27. The van der Waals surface area contributed by atoms with Crippen LogP contribution in [0.5, 0.6) is 0 Å². The van der Waals surface area contributed by atoms with E-state index in [2.05, 4.69) is 41.9 Å². The van der Waals surface area contributed by atoms with Gasteiger partial charge < -0.3 is 10.0 Å². The molecule has 0 amide bonds. The van der Waals surface area contributed by atoms with Gasteiger partial charge in [-0.25, -0.2) is 4.98 Å². The Labute approximate surface area is 153 Å². The summed E-state index contributed by atoms with van der Waals surface area (Å²) in [4.78, 5) is 7.09. The Hall–Kier alpha value is -2.41. The summed E-state index contributed by atoms with van der Waals surface area (Å²) in [7, 11) is 0. The first-order valence-electron chi connectivity index (χ1n) is 9.32. The number of hydrogen-bond donors (Lipinski definition) is 1. The minimum Gasteiger partial charge on any atom is -0.390 e. The number of aryl methyl sites for hydroxylation is 2. The zero-order valence-corrected chi connectivity index (χ0v) is 15.9. The molecule has 0 radical (unpaired) electrons. The Morgan fingerprint density at radius 3 is 2.73 bits per heavy atom. The van der Waals surface area contributed by atoms with Crippen LogP contribution in [0.3, 0.4) is 0 Å². The molecule has 138 valence electrons. The van der Waals surface area contributed by atoms with Crippen LogP contribution in [0.25, 0.3) is 5.65 Å². The second kappa shape index (κ2) is 6.39. The Morgan fingerprint density at radius 2 is 2.04 bits per heavy atom. The summed E-state index contributed by atoms with van der Waals surface area (Å²) in [6.07, 6.45) is 0.914. The third-order valence-electron chi connectivity index (χ3n) is 5.13. The molecule has 0 saturated heterocycles. The van der Waals surface area contributed by atoms with E-state index in [1.54, 1.807) is 0 Å². The van der Waals surface area contributed by atoms with Gasteiger partial charge in [-0.05, 0) is 19.8 Å². The summed E-state index contributed by atoms with van der Waals surface area (Å²) in [5.74, 6) is 1.41. The van der Waals surface area contributed by atoms with Gasteiger partial charge in [0.25, 0.3) is 0 Å². The summed E-state index contributed by atoms with van der Waals surface area (Å²) in [5.41, 5.74) is 6.12. The number of hydrogen-bond acceptors (Lipinski definition) is 5. The number of aliphatic hydroxyl groups is 1. The van der Waals surface area contributed by atoms with Crippen molar-refractivity contribution >= 4 is 11.5 Å². The van der Waals surface area contributed by atoms with Crippen LogP contribution < -0.4 is 4.90 Å². The minimum absolute atomic E-state index is 0.0208. The lowest BCUT2D eigenvalue weighted by Gasteiger charge is -2.30. The molecule has 0 spiro atoms. The molecule has 1 aliphatic rings. The van der Waals surface area contributed by atoms with Gasteiger partial charge in [-0.3, -0.25) is 4.68 Å². The number of aliphatic hydroxyl groups excluding tert-OH is 1. The van der Waals surface area contributed by atoms with Crippen LogP contribution in [0, 0.1) is 6.92 Å². The SMILES string of the molecule is CCn1nc(CO)c2c1CCN(c1cc(C(C)C)nc3cc(C)nn13)C2. The fourth-order valence-corrected chi connectivity index (χ4v) is 3.76. The van der Waals surface area contributed by atoms with Crippen LogP contribution in [-0.4, -0.2) is 36.0 Å². The van der Waals surface area contributed by atoms with Crippen molar-refractivity contribution in [3.63, 3.8) is 0 Å². The van der Waals surface area contributed by atoms with E-state index >= 15 is 0 Å². The molecular formula is C19H26N6O. The van der Waals surface area contributed by atoms with E-state index < -0.39 is 0 Å². The van der Waals surface area contributed by atoms with Crippen molar-refractivity contribution in [2.24, 2.45) is 0 Å². The highest BCUT2D eigenvalue weighted by Gasteiger charge is 2.26. The Kier molecular flexibility index (Phi) is 4.19. The van der Waals surface area contributed by atoms with E-state index in [1.165, 1.54) is 5.69 Å². The molecule has 0 saturated carbocycles. The highest BCUT2D eigenvalue weighted by atomic mass is 16.3. The lowest BCUT2D eigenvalue weighted by molar-refractivity contribution is 0.274. The molecule has 26 heavy (non-hydrogen) atoms. The largest absolute Gasteiger partial charge is 0.390 e. The summed E-state index contributed by atoms with van der Waals surface area (Å²) < 4.78 is 3.97. The molecule has 4 rings (SSSR count). The zero-order valence-electron chi connectivity index (χ0n) is 15.9. The molecule has 1 N–H and O–H groups in total. The van der Waals surface area contributed by atoms with Gasteiger partial charge in [0, 0.05) is 55.1 Å². The molecule has 4 heterocycles. The van der Waals surface area contributed by atoms with Crippen LogP contribution in [-0.2, 0) is 26.1 Å². The minimum atomic E-state index is -0.0208. The number of fused-ring (bicyclic) bond motifs is 2. The lowest BCUT2D eigenvalue weighted by atomic mass is 10.0. The van der Waals surface area contributed by atoms with Crippen LogP contribution in [0.1, 0.15) is 55.0 Å². The molecule has 0 fully saturated rings. The van der Waals surface area contributed by atoms with Crippen molar-refractivity contribution < 1.29 is 5.11 Å². The van der Waals surface area contributed by atoms with Crippen LogP contribution in [0.4, 0.5) is 5.82 Å². The molecule has 7 heteroatoms. The summed E-state index contributed by atoms with van der Waals surface area (Å²) in [6, 6.07) is 4.18. The van der Waals surface area contributed by atoms with Gasteiger partial charge in [0.2, 0.25) is 0 Å². The van der Waals surface area contributed by atoms with Crippen LogP contribution >= 0.6 is 0 Å². The summed E-state index contributed by atoms with van der Waals surface area (Å²) in [6.45, 7) is 10.9. The molecule has 0 aliphatic carbocycles. The molecule has 3 aromatic heterocycles. The van der Waals surface area contributed by atoms with Crippen molar-refractivity contribution in [3.8, 4) is 0 Å². The maximum Gasteiger partial charge on any atom is 0.157 e. The van der Waals surface area contributed by atoms with E-state index in [9.17, 15) is 5.11 Å². The van der Waals surface area contributed by atoms with Gasteiger partial charge in [0.05, 0.1) is 18.0 Å². The van der Waals surface area contributed by atoms with Crippen LogP contribution in [0.15, 0.2) is 12.1 Å². The predicted octanol–water partition coefficient (Wildman–Crippen LogP) is 2.43. The molecule has 7 nitrogen and oxygen atoms in total. The molecular weight excluding hydrogens is 328 g/mol. The smallest absolute Gasteiger partial charge is 0.157 e. The molecule has 0 unspecified atom stereocenters. The monoisotopic (exact) mass is 354 g/mol. The van der Waals surface area contributed by atoms with Crippen molar-refractivity contribution in [2.75, 3.05) is 11.4 Å². The van der Waals surface area contributed by atoms with E-state index in [0.29, 0.717) is 5.92 Å². The second-order valence-electron chi connectivity index (χ2n) is 7.27. The van der Waals surface area contributed by atoms with Gasteiger partial charge in [-0.15, -0.1) is 0 Å². The number of rotatable bonds is 4. The molecule has 0 atom stereocenters. The van der Waals surface area contributed by atoms with E-state index in [-0.39, 0.29) is 6.61 Å². The normalized spacial score (nSPS) is 14.5. The van der Waals surface area contributed by atoms with Crippen molar-refractivity contribution in [2.45, 2.75) is 59.7 Å². The van der Waals surface area contributed by atoms with Gasteiger partial charge in [0.1, 0.15) is 5.82 Å². The fourth-order valence-electron chi connectivity index (χ4n) is 3.76. The quantitative estimate of drug-likeness (QED) is 0.779. The lowest BCUT2D eigenvalue weighted by Crippen LogP contribution is -2.33. The Balaban J connectivity index is 1.80. The van der Waals surface area contributed by atoms with E-state index in [1.807, 2.05) is 22.2 Å². The van der Waals surface area contributed by atoms with Gasteiger partial charge in [-0.1, -0.05) is 13.8 Å². The molecule has 0 aromatic carbocycles. The molecule has 1 aliphatic heterocycles. The maximum absolute atomic E-state index is 9.73. The third kappa shape index (κ3) is 2.67. The molecule has 0 bridgehead atoms. The van der Waals surface area contributed by atoms with Gasteiger partial charge in [-0.2, -0.15) is 14.7 Å². The highest BCUT2D eigenvalue weighted by Crippen LogP contribution is 2.29. The standard InChI is InChI=1S/C19H26N6O/c1-5-24-17-6-7-23(10-14(17)16(11-26)22-24)19-9-15(12(2)3)20-18-8-13(4)21-25(18)19/h8-9,12,26H,5-7,10-11H2,1-4H3. The fraction of sp³-hybridized carbons (Fsp3) is 0.526. The van der Waals surface area contributed by atoms with Gasteiger partial charge >= 0.3 is 0 Å². The average Bonchev–Trinajstić information content (AvgIpc) is 3.19. The number of aromatic nitrogens is 5. The van der Waals surface area contributed by atoms with Crippen molar-refractivity contribution in [1.82, 2.24) is 24.4 Å². The highest BCUT2D eigenvalue weighted by molar-refractivity contribution is 5.54. The number of anilines is 1. The summed E-state index contributed by atoms with van der Waals surface area (Å²) >= 11 is 0. The maximum atomic E-state index is 9.73. The average molecular weight is 354 g/mol.